The molecule has 1 rings (SSSR count). The van der Waals surface area contributed by atoms with E-state index >= 15 is 0 Å². The van der Waals surface area contributed by atoms with Crippen LogP contribution in [0.5, 0.6) is 0 Å². The number of hydrogen-bond acceptors (Lipinski definition) is 5. The van der Waals surface area contributed by atoms with Crippen molar-refractivity contribution >= 4 is 6.29 Å². The first-order valence-electron chi connectivity index (χ1n) is 4.44. The van der Waals surface area contributed by atoms with E-state index in [-0.39, 0.29) is 6.29 Å². The molecule has 0 heterocycles. The maximum Gasteiger partial charge on any atom is 0.151 e. The second kappa shape index (κ2) is 2.76. The van der Waals surface area contributed by atoms with Crippen LogP contribution in [0.2, 0.25) is 0 Å². The smallest absolute Gasteiger partial charge is 0.151 e. The molecule has 5 heteroatoms. The van der Waals surface area contributed by atoms with E-state index in [1.54, 1.807) is 0 Å². The van der Waals surface area contributed by atoms with Gasteiger partial charge in [-0.2, -0.15) is 0 Å². The molecule has 0 aliphatic heterocycles. The molecule has 5 nitrogen and oxygen atoms in total. The van der Waals surface area contributed by atoms with Gasteiger partial charge in [0.05, 0.1) is 6.10 Å². The third-order valence-electron chi connectivity index (χ3n) is 3.59. The Morgan fingerprint density at radius 1 is 1.14 bits per heavy atom. The van der Waals surface area contributed by atoms with E-state index in [1.165, 1.54) is 20.8 Å². The number of rotatable bonds is 3. The van der Waals surface area contributed by atoms with Gasteiger partial charge in [-0.05, 0) is 6.92 Å². The van der Waals surface area contributed by atoms with Gasteiger partial charge in [0.25, 0.3) is 0 Å². The molecule has 0 amide bonds. The molecule has 0 aromatic rings. The first-order chi connectivity index (χ1) is 6.17. The summed E-state index contributed by atoms with van der Waals surface area (Å²) < 4.78 is 0. The third kappa shape index (κ3) is 0.857. The van der Waals surface area contributed by atoms with Gasteiger partial charge in [-0.1, -0.05) is 13.8 Å². The highest BCUT2D eigenvalue weighted by atomic mass is 16.4. The molecule has 0 bridgehead atoms. The van der Waals surface area contributed by atoms with E-state index in [1.807, 2.05) is 0 Å². The van der Waals surface area contributed by atoms with Gasteiger partial charge in [-0.3, -0.25) is 0 Å². The molecule has 14 heavy (non-hydrogen) atoms. The van der Waals surface area contributed by atoms with Gasteiger partial charge in [0.15, 0.2) is 6.29 Å². The highest BCUT2D eigenvalue weighted by Gasteiger charge is 2.87. The number of aliphatic hydroxyl groups is 4. The Balaban J connectivity index is 3.11. The predicted molar refractivity (Wildman–Crippen MR) is 47.4 cm³/mol. The molecular formula is C9H16O5. The SMILES string of the molecule is C[C@@H](O)[C@]1(O)C(C)(C)[C@@]1(O)[C@H](O)C=O. The van der Waals surface area contributed by atoms with Crippen molar-refractivity contribution in [1.29, 1.82) is 0 Å². The van der Waals surface area contributed by atoms with E-state index in [0.29, 0.717) is 0 Å². The lowest BCUT2D eigenvalue weighted by Crippen LogP contribution is -2.43. The van der Waals surface area contributed by atoms with E-state index in [9.17, 15) is 25.2 Å². The quantitative estimate of drug-likeness (QED) is 0.416. The normalized spacial score (nSPS) is 44.2. The molecule has 0 unspecified atom stereocenters. The van der Waals surface area contributed by atoms with Crippen LogP contribution in [0.15, 0.2) is 0 Å². The molecule has 0 saturated heterocycles. The minimum absolute atomic E-state index is 0.155. The highest BCUT2D eigenvalue weighted by molar-refractivity contribution is 5.63. The van der Waals surface area contributed by atoms with Crippen molar-refractivity contribution in [3.8, 4) is 0 Å². The van der Waals surface area contributed by atoms with Crippen molar-refractivity contribution in [2.45, 2.75) is 44.2 Å². The van der Waals surface area contributed by atoms with Crippen molar-refractivity contribution in [1.82, 2.24) is 0 Å². The second-order valence-electron chi connectivity index (χ2n) is 4.41. The lowest BCUT2D eigenvalue weighted by molar-refractivity contribution is -0.133. The lowest BCUT2D eigenvalue weighted by Gasteiger charge is -2.20. The predicted octanol–water partition coefficient (Wildman–Crippen LogP) is -1.57. The van der Waals surface area contributed by atoms with Crippen molar-refractivity contribution in [2.75, 3.05) is 0 Å². The molecule has 1 fully saturated rings. The summed E-state index contributed by atoms with van der Waals surface area (Å²) in [7, 11) is 0. The second-order valence-corrected chi connectivity index (χ2v) is 4.41. The number of hydrogen-bond donors (Lipinski definition) is 4. The maximum atomic E-state index is 10.4. The van der Waals surface area contributed by atoms with Crippen LogP contribution in [-0.4, -0.2) is 50.1 Å². The standard InChI is InChI=1S/C9H16O5/c1-5(11)8(13)7(2,3)9(8,14)6(12)4-10/h4-6,11-14H,1-3H3/t5-,6-,8+,9+/m1/s1. The minimum Gasteiger partial charge on any atom is -0.390 e. The Bertz CT molecular complexity index is 262. The Morgan fingerprint density at radius 3 is 1.79 bits per heavy atom. The van der Waals surface area contributed by atoms with Gasteiger partial charge in [0, 0.05) is 5.41 Å². The average Bonchev–Trinajstić information content (AvgIpc) is 2.46. The van der Waals surface area contributed by atoms with Gasteiger partial charge in [-0.25, -0.2) is 0 Å². The summed E-state index contributed by atoms with van der Waals surface area (Å²) in [4.78, 5) is 10.4. The summed E-state index contributed by atoms with van der Waals surface area (Å²) in [6.45, 7) is 4.26. The fourth-order valence-corrected chi connectivity index (χ4v) is 2.43. The Kier molecular flexibility index (Phi) is 2.28. The fraction of sp³-hybridized carbons (Fsp3) is 0.889. The molecular weight excluding hydrogens is 188 g/mol. The molecule has 82 valence electrons. The molecule has 0 radical (unpaired) electrons. The molecule has 4 N–H and O–H groups in total. The summed E-state index contributed by atoms with van der Waals surface area (Å²) in [5.41, 5.74) is -4.94. The van der Waals surface area contributed by atoms with Crippen molar-refractivity contribution < 1.29 is 25.2 Å². The Hall–Kier alpha value is -0.490. The van der Waals surface area contributed by atoms with Gasteiger partial charge in [-0.15, -0.1) is 0 Å². The molecule has 0 aromatic heterocycles. The van der Waals surface area contributed by atoms with Gasteiger partial charge >= 0.3 is 0 Å². The summed E-state index contributed by atoms with van der Waals surface area (Å²) in [5, 5.41) is 38.5. The first-order valence-corrected chi connectivity index (χ1v) is 4.44. The van der Waals surface area contributed by atoms with Crippen molar-refractivity contribution in [3.63, 3.8) is 0 Å². The Morgan fingerprint density at radius 2 is 1.57 bits per heavy atom. The molecule has 4 atom stereocenters. The van der Waals surface area contributed by atoms with Crippen LogP contribution in [0.3, 0.4) is 0 Å². The van der Waals surface area contributed by atoms with Crippen LogP contribution < -0.4 is 0 Å². The average molecular weight is 204 g/mol. The van der Waals surface area contributed by atoms with Crippen LogP contribution >= 0.6 is 0 Å². The number of carbonyl (C=O) groups excluding carboxylic acids is 1. The number of aldehydes is 1. The fourth-order valence-electron chi connectivity index (χ4n) is 2.43. The highest BCUT2D eigenvalue weighted by Crippen LogP contribution is 2.67. The topological polar surface area (TPSA) is 98.0 Å². The van der Waals surface area contributed by atoms with Crippen LogP contribution in [0.1, 0.15) is 20.8 Å². The van der Waals surface area contributed by atoms with Crippen LogP contribution in [0, 0.1) is 5.41 Å². The third-order valence-corrected chi connectivity index (χ3v) is 3.59. The van der Waals surface area contributed by atoms with E-state index in [0.717, 1.165) is 0 Å². The first kappa shape index (κ1) is 11.6. The van der Waals surface area contributed by atoms with Crippen molar-refractivity contribution in [3.05, 3.63) is 0 Å². The Labute approximate surface area is 82.0 Å². The summed E-state index contributed by atoms with van der Waals surface area (Å²) in [6.07, 6.45) is -2.77. The van der Waals surface area contributed by atoms with E-state index in [2.05, 4.69) is 0 Å². The molecule has 0 aromatic carbocycles. The van der Waals surface area contributed by atoms with Gasteiger partial charge < -0.3 is 25.2 Å². The van der Waals surface area contributed by atoms with Crippen molar-refractivity contribution in [2.24, 2.45) is 5.41 Å². The van der Waals surface area contributed by atoms with E-state index < -0.39 is 28.8 Å². The van der Waals surface area contributed by atoms with Gasteiger partial charge in [0.1, 0.15) is 17.3 Å². The molecule has 1 saturated carbocycles. The maximum absolute atomic E-state index is 10.4. The van der Waals surface area contributed by atoms with Crippen LogP contribution in [-0.2, 0) is 4.79 Å². The largest absolute Gasteiger partial charge is 0.390 e. The molecule has 1 aliphatic rings. The summed E-state index contributed by atoms with van der Waals surface area (Å²) in [5.74, 6) is 0. The molecule has 0 spiro atoms. The number of aliphatic hydroxyl groups excluding tert-OH is 2. The van der Waals surface area contributed by atoms with Gasteiger partial charge in [0.2, 0.25) is 0 Å². The van der Waals surface area contributed by atoms with E-state index in [4.69, 9.17) is 0 Å². The summed E-state index contributed by atoms with van der Waals surface area (Å²) >= 11 is 0. The zero-order valence-electron chi connectivity index (χ0n) is 8.43. The zero-order valence-corrected chi connectivity index (χ0v) is 8.43. The monoisotopic (exact) mass is 204 g/mol. The zero-order chi connectivity index (χ0) is 11.4. The summed E-state index contributed by atoms with van der Waals surface area (Å²) in [6, 6.07) is 0. The minimum atomic E-state index is -1.98. The lowest BCUT2D eigenvalue weighted by atomic mass is 10.0. The number of carbonyl (C=O) groups is 1. The van der Waals surface area contributed by atoms with Crippen LogP contribution in [0.25, 0.3) is 0 Å². The van der Waals surface area contributed by atoms with Crippen LogP contribution in [0.4, 0.5) is 0 Å². The molecule has 1 aliphatic carbocycles.